The summed E-state index contributed by atoms with van der Waals surface area (Å²) in [5, 5.41) is 2.78. The van der Waals surface area contributed by atoms with Crippen LogP contribution in [0.5, 0.6) is 0 Å². The number of aromatic nitrogens is 2. The van der Waals surface area contributed by atoms with Crippen LogP contribution in [0.4, 0.5) is 5.69 Å². The Kier molecular flexibility index (Phi) is 5.43. The molecule has 0 aliphatic carbocycles. The zero-order chi connectivity index (χ0) is 19.6. The van der Waals surface area contributed by atoms with Crippen LogP contribution < -0.4 is 5.32 Å². The van der Waals surface area contributed by atoms with Crippen LogP contribution in [0, 0.1) is 5.92 Å². The maximum atomic E-state index is 12.7. The van der Waals surface area contributed by atoms with Crippen molar-refractivity contribution in [1.82, 2.24) is 13.9 Å². The summed E-state index contributed by atoms with van der Waals surface area (Å²) in [6.07, 6.45) is 4.08. The lowest BCUT2D eigenvalue weighted by Gasteiger charge is -2.30. The van der Waals surface area contributed by atoms with Crippen molar-refractivity contribution in [3.8, 4) is 0 Å². The van der Waals surface area contributed by atoms with E-state index in [0.717, 1.165) is 0 Å². The molecule has 0 bridgehead atoms. The topological polar surface area (TPSA) is 101 Å². The molecule has 2 heterocycles. The second-order valence-corrected chi connectivity index (χ2v) is 8.59. The zero-order valence-electron chi connectivity index (χ0n) is 15.3. The summed E-state index contributed by atoms with van der Waals surface area (Å²) >= 11 is 0. The number of hydrogen-bond donors (Lipinski definition) is 1. The van der Waals surface area contributed by atoms with Gasteiger partial charge in [0.05, 0.1) is 12.2 Å². The van der Waals surface area contributed by atoms with E-state index >= 15 is 0 Å². The molecule has 1 aliphatic heterocycles. The van der Waals surface area contributed by atoms with Gasteiger partial charge in [-0.1, -0.05) is 12.1 Å². The van der Waals surface area contributed by atoms with Crippen LogP contribution in [0.25, 0.3) is 0 Å². The van der Waals surface area contributed by atoms with Gasteiger partial charge in [0.2, 0.25) is 5.91 Å². The first-order chi connectivity index (χ1) is 12.8. The maximum Gasteiger partial charge on any atom is 0.262 e. The fraction of sp³-hybridized carbons (Fsp3) is 0.389. The van der Waals surface area contributed by atoms with E-state index in [0.29, 0.717) is 30.6 Å². The van der Waals surface area contributed by atoms with Crippen LogP contribution in [0.1, 0.15) is 30.1 Å². The molecule has 27 heavy (non-hydrogen) atoms. The number of anilines is 1. The van der Waals surface area contributed by atoms with E-state index in [1.165, 1.54) is 23.8 Å². The lowest BCUT2D eigenvalue weighted by atomic mass is 9.98. The van der Waals surface area contributed by atoms with Crippen molar-refractivity contribution < 1.29 is 18.0 Å². The molecular weight excluding hydrogens is 368 g/mol. The van der Waals surface area contributed by atoms with Gasteiger partial charge in [0.1, 0.15) is 0 Å². The van der Waals surface area contributed by atoms with Crippen molar-refractivity contribution in [3.05, 3.63) is 42.4 Å². The first-order valence-corrected chi connectivity index (χ1v) is 10.1. The molecule has 1 aromatic heterocycles. The number of nitrogens with one attached hydrogen (secondary N) is 1. The first kappa shape index (κ1) is 19.2. The van der Waals surface area contributed by atoms with Crippen LogP contribution >= 0.6 is 0 Å². The van der Waals surface area contributed by atoms with Crippen molar-refractivity contribution in [2.45, 2.75) is 24.8 Å². The molecule has 0 unspecified atom stereocenters. The van der Waals surface area contributed by atoms with Crippen molar-refractivity contribution in [2.24, 2.45) is 13.0 Å². The molecule has 1 fully saturated rings. The summed E-state index contributed by atoms with van der Waals surface area (Å²) in [6.45, 7) is 1.93. The van der Waals surface area contributed by atoms with Gasteiger partial charge in [0.15, 0.2) is 10.8 Å². The number of ketones is 1. The smallest absolute Gasteiger partial charge is 0.262 e. The first-order valence-electron chi connectivity index (χ1n) is 8.67. The Morgan fingerprint density at radius 1 is 1.30 bits per heavy atom. The van der Waals surface area contributed by atoms with E-state index in [1.807, 2.05) is 0 Å². The number of piperidine rings is 1. The Morgan fingerprint density at radius 3 is 2.74 bits per heavy atom. The lowest BCUT2D eigenvalue weighted by Crippen LogP contribution is -2.43. The van der Waals surface area contributed by atoms with Crippen LogP contribution in [0.3, 0.4) is 0 Å². The van der Waals surface area contributed by atoms with Gasteiger partial charge in [-0.05, 0) is 31.9 Å². The quantitative estimate of drug-likeness (QED) is 0.783. The van der Waals surface area contributed by atoms with Gasteiger partial charge in [-0.15, -0.1) is 0 Å². The number of sulfonamides is 1. The molecule has 1 N–H and O–H groups in total. The molecule has 2 aromatic rings. The van der Waals surface area contributed by atoms with E-state index in [-0.39, 0.29) is 23.3 Å². The number of carbonyl (C=O) groups excluding carboxylic acids is 2. The average Bonchev–Trinajstić information content (AvgIpc) is 3.09. The standard InChI is InChI=1S/C18H22N4O4S/c1-13(23)14-5-3-7-16(9-14)20-18(24)15-6-4-8-22(10-15)27(25,26)17-11-21(2)12-19-17/h3,5,7,9,11-12,15H,4,6,8,10H2,1-2H3,(H,20,24)/t15-/m1/s1. The third kappa shape index (κ3) is 4.25. The Morgan fingerprint density at radius 2 is 2.07 bits per heavy atom. The molecular formula is C18H22N4O4S. The molecule has 1 amide bonds. The molecule has 1 saturated heterocycles. The molecule has 0 radical (unpaired) electrons. The number of carbonyl (C=O) groups is 2. The number of rotatable bonds is 5. The molecule has 9 heteroatoms. The van der Waals surface area contributed by atoms with Gasteiger partial charge in [-0.2, -0.15) is 4.31 Å². The monoisotopic (exact) mass is 390 g/mol. The molecule has 144 valence electrons. The number of nitrogens with zero attached hydrogens (tertiary/aromatic N) is 3. The highest BCUT2D eigenvalue weighted by Gasteiger charge is 2.34. The Hall–Kier alpha value is -2.52. The molecule has 1 aliphatic rings. The predicted molar refractivity (Wildman–Crippen MR) is 99.8 cm³/mol. The second-order valence-electron chi connectivity index (χ2n) is 6.71. The highest BCUT2D eigenvalue weighted by molar-refractivity contribution is 7.89. The van der Waals surface area contributed by atoms with Gasteiger partial charge in [0.25, 0.3) is 10.0 Å². The van der Waals surface area contributed by atoms with Gasteiger partial charge in [0, 0.05) is 37.6 Å². The number of benzene rings is 1. The Bertz CT molecular complexity index is 967. The summed E-state index contributed by atoms with van der Waals surface area (Å²) in [5.74, 6) is -0.800. The zero-order valence-corrected chi connectivity index (χ0v) is 16.1. The fourth-order valence-electron chi connectivity index (χ4n) is 3.09. The third-order valence-electron chi connectivity index (χ3n) is 4.58. The summed E-state index contributed by atoms with van der Waals surface area (Å²) in [4.78, 5) is 28.0. The number of amides is 1. The number of Topliss-reactive ketones (excluding diaryl/α,β-unsaturated/α-hetero) is 1. The lowest BCUT2D eigenvalue weighted by molar-refractivity contribution is -0.120. The average molecular weight is 390 g/mol. The van der Waals surface area contributed by atoms with E-state index in [4.69, 9.17) is 0 Å². The summed E-state index contributed by atoms with van der Waals surface area (Å²) < 4.78 is 28.3. The molecule has 1 atom stereocenters. The van der Waals surface area contributed by atoms with Crippen LogP contribution in [-0.2, 0) is 21.9 Å². The second kappa shape index (κ2) is 7.61. The summed E-state index contributed by atoms with van der Waals surface area (Å²) in [5.41, 5.74) is 1.04. The highest BCUT2D eigenvalue weighted by Crippen LogP contribution is 2.24. The van der Waals surface area contributed by atoms with Gasteiger partial charge in [-0.3, -0.25) is 9.59 Å². The minimum absolute atomic E-state index is 0.0137. The largest absolute Gasteiger partial charge is 0.339 e. The number of hydrogen-bond acceptors (Lipinski definition) is 5. The van der Waals surface area contributed by atoms with Crippen molar-refractivity contribution in [3.63, 3.8) is 0 Å². The van der Waals surface area contributed by atoms with E-state index in [1.54, 1.807) is 35.9 Å². The molecule has 1 aromatic carbocycles. The molecule has 8 nitrogen and oxygen atoms in total. The summed E-state index contributed by atoms with van der Waals surface area (Å²) in [6, 6.07) is 6.70. The minimum atomic E-state index is -3.72. The van der Waals surface area contributed by atoms with Crippen LogP contribution in [0.15, 0.2) is 41.8 Å². The molecule has 3 rings (SSSR count). The maximum absolute atomic E-state index is 12.7. The van der Waals surface area contributed by atoms with Crippen LogP contribution in [-0.4, -0.2) is 47.1 Å². The third-order valence-corrected chi connectivity index (χ3v) is 6.33. The Labute approximate surface area is 158 Å². The molecule has 0 saturated carbocycles. The predicted octanol–water partition coefficient (Wildman–Crippen LogP) is 1.66. The fourth-order valence-corrected chi connectivity index (χ4v) is 4.58. The SMILES string of the molecule is CC(=O)c1cccc(NC(=O)[C@@H]2CCCN(S(=O)(=O)c3cn(C)cn3)C2)c1. The minimum Gasteiger partial charge on any atom is -0.339 e. The van der Waals surface area contributed by atoms with E-state index in [9.17, 15) is 18.0 Å². The van der Waals surface area contributed by atoms with Gasteiger partial charge in [-0.25, -0.2) is 13.4 Å². The number of imidazole rings is 1. The van der Waals surface area contributed by atoms with Gasteiger partial charge < -0.3 is 9.88 Å². The summed E-state index contributed by atoms with van der Waals surface area (Å²) in [7, 11) is -2.02. The van der Waals surface area contributed by atoms with Crippen LogP contribution in [0.2, 0.25) is 0 Å². The highest BCUT2D eigenvalue weighted by atomic mass is 32.2. The Balaban J connectivity index is 1.71. The van der Waals surface area contributed by atoms with Crippen molar-refractivity contribution in [2.75, 3.05) is 18.4 Å². The van der Waals surface area contributed by atoms with Crippen molar-refractivity contribution >= 4 is 27.4 Å². The van der Waals surface area contributed by atoms with E-state index in [2.05, 4.69) is 10.3 Å². The van der Waals surface area contributed by atoms with Crippen molar-refractivity contribution in [1.29, 1.82) is 0 Å². The normalized spacial score (nSPS) is 18.2. The molecule has 0 spiro atoms. The number of aryl methyl sites for hydroxylation is 1. The van der Waals surface area contributed by atoms with Gasteiger partial charge >= 0.3 is 0 Å². The van der Waals surface area contributed by atoms with E-state index < -0.39 is 15.9 Å².